The number of hydrogen-bond donors (Lipinski definition) is 2. The van der Waals surface area contributed by atoms with Crippen molar-refractivity contribution in [3.63, 3.8) is 0 Å². The van der Waals surface area contributed by atoms with Gasteiger partial charge in [0, 0.05) is 23.7 Å². The minimum Gasteiger partial charge on any atom is -0.474 e. The van der Waals surface area contributed by atoms with Crippen molar-refractivity contribution in [1.82, 2.24) is 15.2 Å². The molecule has 2 heterocycles. The first-order valence-electron chi connectivity index (χ1n) is 8.38. The average Bonchev–Trinajstić information content (AvgIpc) is 2.73. The highest BCUT2D eigenvalue weighted by Crippen LogP contribution is 2.23. The van der Waals surface area contributed by atoms with Gasteiger partial charge in [0.15, 0.2) is 0 Å². The molecule has 2 aromatic rings. The van der Waals surface area contributed by atoms with E-state index in [9.17, 15) is 14.4 Å². The van der Waals surface area contributed by atoms with Crippen LogP contribution in [0.4, 0.5) is 4.79 Å². The molecule has 0 aliphatic carbocycles. The number of carboxylic acid groups (broad SMARTS) is 1. The fourth-order valence-corrected chi connectivity index (χ4v) is 2.61. The predicted molar refractivity (Wildman–Crippen MR) is 99.4 cm³/mol. The lowest BCUT2D eigenvalue weighted by Crippen LogP contribution is -2.41. The second kappa shape index (κ2) is 8.63. The number of nitrogens with zero attached hydrogens (tertiary/aromatic N) is 2. The molecule has 142 valence electrons. The first kappa shape index (κ1) is 18.8. The highest BCUT2D eigenvalue weighted by atomic mass is 16.5. The standard InChI is InChI=1S/C20H17N3O5/c24-18(19(25)26)23-12-16(8-9-17(23)15-7-4-10-21-11-15)22-20(27)28-13-14-5-2-1-3-6-14/h1-11H,12-13H2,(H,22,27)(H,25,26). The quantitative estimate of drug-likeness (QED) is 0.788. The van der Waals surface area contributed by atoms with Crippen LogP contribution in [-0.2, 0) is 20.9 Å². The normalized spacial score (nSPS) is 13.2. The summed E-state index contributed by atoms with van der Waals surface area (Å²) in [6, 6.07) is 12.6. The van der Waals surface area contributed by atoms with Gasteiger partial charge in [0.2, 0.25) is 0 Å². The topological polar surface area (TPSA) is 109 Å². The van der Waals surface area contributed by atoms with Gasteiger partial charge in [-0.05, 0) is 29.8 Å². The number of carbonyl (C=O) groups excluding carboxylic acids is 2. The van der Waals surface area contributed by atoms with Crippen LogP contribution < -0.4 is 5.32 Å². The van der Waals surface area contributed by atoms with Crippen molar-refractivity contribution in [2.45, 2.75) is 6.61 Å². The van der Waals surface area contributed by atoms with Crippen LogP contribution in [0.25, 0.3) is 5.70 Å². The van der Waals surface area contributed by atoms with Crippen molar-refractivity contribution in [1.29, 1.82) is 0 Å². The van der Waals surface area contributed by atoms with E-state index >= 15 is 0 Å². The molecule has 0 saturated heterocycles. The lowest BCUT2D eigenvalue weighted by atomic mass is 10.1. The number of amides is 2. The summed E-state index contributed by atoms with van der Waals surface area (Å²) in [5, 5.41) is 11.6. The SMILES string of the molecule is O=C(NC1=CC=C(c2cccnc2)N(C(=O)C(=O)O)C1)OCc1ccccc1. The number of rotatable bonds is 4. The zero-order valence-corrected chi connectivity index (χ0v) is 14.7. The van der Waals surface area contributed by atoms with E-state index < -0.39 is 18.0 Å². The van der Waals surface area contributed by atoms with Crippen LogP contribution in [-0.4, -0.2) is 39.5 Å². The maximum Gasteiger partial charge on any atom is 0.411 e. The molecule has 0 unspecified atom stereocenters. The Kier molecular flexibility index (Phi) is 5.81. The first-order chi connectivity index (χ1) is 13.5. The summed E-state index contributed by atoms with van der Waals surface area (Å²) in [6.07, 6.45) is 5.54. The molecule has 0 atom stereocenters. The van der Waals surface area contributed by atoms with Crippen molar-refractivity contribution in [2.24, 2.45) is 0 Å². The van der Waals surface area contributed by atoms with E-state index in [1.54, 1.807) is 30.5 Å². The molecule has 3 rings (SSSR count). The molecule has 0 spiro atoms. The van der Waals surface area contributed by atoms with E-state index in [4.69, 9.17) is 9.84 Å². The fourth-order valence-electron chi connectivity index (χ4n) is 2.61. The second-order valence-corrected chi connectivity index (χ2v) is 5.87. The zero-order valence-electron chi connectivity index (χ0n) is 14.7. The molecular weight excluding hydrogens is 362 g/mol. The Hall–Kier alpha value is -3.94. The highest BCUT2D eigenvalue weighted by molar-refractivity contribution is 6.33. The Morgan fingerprint density at radius 1 is 1.11 bits per heavy atom. The number of benzene rings is 1. The van der Waals surface area contributed by atoms with E-state index in [1.807, 2.05) is 30.3 Å². The number of nitrogens with one attached hydrogen (secondary N) is 1. The van der Waals surface area contributed by atoms with E-state index in [2.05, 4.69) is 10.3 Å². The van der Waals surface area contributed by atoms with Crippen LogP contribution in [0.15, 0.2) is 72.7 Å². The Balaban J connectivity index is 1.72. The zero-order chi connectivity index (χ0) is 19.9. The van der Waals surface area contributed by atoms with E-state index in [-0.39, 0.29) is 13.2 Å². The van der Waals surface area contributed by atoms with Crippen LogP contribution >= 0.6 is 0 Å². The maximum absolute atomic E-state index is 12.1. The van der Waals surface area contributed by atoms with Crippen LogP contribution in [0.2, 0.25) is 0 Å². The molecule has 28 heavy (non-hydrogen) atoms. The summed E-state index contributed by atoms with van der Waals surface area (Å²) in [5.41, 5.74) is 2.12. The third-order valence-corrected chi connectivity index (χ3v) is 3.92. The van der Waals surface area contributed by atoms with Gasteiger partial charge in [-0.15, -0.1) is 0 Å². The molecule has 1 aliphatic rings. The molecule has 0 fully saturated rings. The molecule has 0 saturated carbocycles. The summed E-state index contributed by atoms with van der Waals surface area (Å²) in [7, 11) is 0. The second-order valence-electron chi connectivity index (χ2n) is 5.87. The Morgan fingerprint density at radius 2 is 1.89 bits per heavy atom. The van der Waals surface area contributed by atoms with Gasteiger partial charge in [0.25, 0.3) is 0 Å². The summed E-state index contributed by atoms with van der Waals surface area (Å²) < 4.78 is 5.14. The van der Waals surface area contributed by atoms with E-state index in [0.717, 1.165) is 10.5 Å². The van der Waals surface area contributed by atoms with Crippen molar-refractivity contribution in [3.8, 4) is 0 Å². The number of aliphatic carboxylic acids is 1. The molecule has 0 bridgehead atoms. The molecule has 2 amide bonds. The molecule has 1 aliphatic heterocycles. The van der Waals surface area contributed by atoms with E-state index in [1.165, 1.54) is 6.20 Å². The Bertz CT molecular complexity index is 939. The molecule has 1 aromatic heterocycles. The third kappa shape index (κ3) is 4.61. The predicted octanol–water partition coefficient (Wildman–Crippen LogP) is 2.16. The minimum atomic E-state index is -1.59. The van der Waals surface area contributed by atoms with E-state index in [0.29, 0.717) is 17.0 Å². The number of hydrogen-bond acceptors (Lipinski definition) is 5. The van der Waals surface area contributed by atoms with Crippen LogP contribution in [0.3, 0.4) is 0 Å². The van der Waals surface area contributed by atoms with Crippen molar-refractivity contribution in [2.75, 3.05) is 6.54 Å². The highest BCUT2D eigenvalue weighted by Gasteiger charge is 2.28. The monoisotopic (exact) mass is 379 g/mol. The average molecular weight is 379 g/mol. The maximum atomic E-state index is 12.1. The summed E-state index contributed by atoms with van der Waals surface area (Å²) in [5.74, 6) is -2.71. The van der Waals surface area contributed by atoms with Crippen LogP contribution in [0.1, 0.15) is 11.1 Å². The summed E-state index contributed by atoms with van der Waals surface area (Å²) in [6.45, 7) is -0.0270. The molecule has 2 N–H and O–H groups in total. The molecule has 1 aromatic carbocycles. The van der Waals surface area contributed by atoms with Gasteiger partial charge in [-0.2, -0.15) is 0 Å². The van der Waals surface area contributed by atoms with Crippen molar-refractivity contribution >= 4 is 23.7 Å². The molecule has 8 heteroatoms. The number of carboxylic acids is 1. The number of carbonyl (C=O) groups is 3. The Morgan fingerprint density at radius 3 is 2.57 bits per heavy atom. The van der Waals surface area contributed by atoms with Gasteiger partial charge >= 0.3 is 18.0 Å². The van der Waals surface area contributed by atoms with Crippen LogP contribution in [0.5, 0.6) is 0 Å². The van der Waals surface area contributed by atoms with Gasteiger partial charge in [0.05, 0.1) is 12.2 Å². The Labute approximate surface area is 160 Å². The lowest BCUT2D eigenvalue weighted by Gasteiger charge is -2.28. The number of pyridine rings is 1. The molecular formula is C20H17N3O5. The number of ether oxygens (including phenoxy) is 1. The van der Waals surface area contributed by atoms with Crippen molar-refractivity contribution in [3.05, 3.63) is 83.8 Å². The fraction of sp³-hybridized carbons (Fsp3) is 0.100. The van der Waals surface area contributed by atoms with Gasteiger partial charge < -0.3 is 9.84 Å². The largest absolute Gasteiger partial charge is 0.474 e. The minimum absolute atomic E-state index is 0.0918. The van der Waals surface area contributed by atoms with Gasteiger partial charge in [-0.1, -0.05) is 30.3 Å². The van der Waals surface area contributed by atoms with Gasteiger partial charge in [-0.3, -0.25) is 20.0 Å². The van der Waals surface area contributed by atoms with Gasteiger partial charge in [-0.25, -0.2) is 9.59 Å². The van der Waals surface area contributed by atoms with Crippen LogP contribution in [0, 0.1) is 0 Å². The van der Waals surface area contributed by atoms with Gasteiger partial charge in [0.1, 0.15) is 6.61 Å². The van der Waals surface area contributed by atoms with Crippen molar-refractivity contribution < 1.29 is 24.2 Å². The summed E-state index contributed by atoms with van der Waals surface area (Å²) >= 11 is 0. The molecule has 8 nitrogen and oxygen atoms in total. The summed E-state index contributed by atoms with van der Waals surface area (Å²) in [4.78, 5) is 40.4. The first-order valence-corrected chi connectivity index (χ1v) is 8.38. The third-order valence-electron chi connectivity index (χ3n) is 3.92. The number of allylic oxidation sites excluding steroid dienone is 2. The smallest absolute Gasteiger partial charge is 0.411 e. The number of alkyl carbamates (subject to hydrolysis) is 1. The lowest BCUT2D eigenvalue weighted by molar-refractivity contribution is -0.153. The molecule has 0 radical (unpaired) electrons. The number of aromatic nitrogens is 1.